The number of aryl methyl sites for hydroxylation is 1. The lowest BCUT2D eigenvalue weighted by Gasteiger charge is -2.35. The van der Waals surface area contributed by atoms with E-state index in [1.165, 1.54) is 11.8 Å². The predicted molar refractivity (Wildman–Crippen MR) is 218 cm³/mol. The lowest BCUT2D eigenvalue weighted by atomic mass is 9.77. The summed E-state index contributed by atoms with van der Waals surface area (Å²) in [5.74, 6) is -4.74. The van der Waals surface area contributed by atoms with Gasteiger partial charge in [-0.2, -0.15) is 0 Å². The number of methoxy groups -OCH3 is 1. The molecule has 8 atom stereocenters. The molecule has 0 unspecified atom stereocenters. The number of carbonyl (C=O) groups excluding carboxylic acids is 4. The molecule has 1 aromatic heterocycles. The molecule has 2 aliphatic heterocycles. The molecule has 5 fully saturated rings. The van der Waals surface area contributed by atoms with Crippen molar-refractivity contribution in [3.63, 3.8) is 0 Å². The fourth-order valence-electron chi connectivity index (χ4n) is 9.50. The van der Waals surface area contributed by atoms with Crippen LogP contribution in [-0.2, 0) is 40.4 Å². The maximum absolute atomic E-state index is 15.1. The number of ether oxygens (including phenoxy) is 3. The average Bonchev–Trinajstić information content (AvgIpc) is 3.97. The number of nitrogens with one attached hydrogen (secondary N) is 1. The molecular weight excluding hydrogens is 799 g/mol. The van der Waals surface area contributed by atoms with Crippen molar-refractivity contribution >= 4 is 44.6 Å². The standard InChI is InChI=1S/C43H56F2N4O9S.CH4/c1-41(2,3)26-19-34(51)57-32-17-24(32)9-7-6-8-10-29-38(47-30-18-25(56-5)13-14-28(30)46-29)58-33-22-49(39(26)52)36(35(33)23-11-12-23)31(50)21-43(20-27(43)37(44)45)40(53)48-59(54,55)42(4)15-16-42;/h13-14,18,23-24,26-27,32-33,35-37H,6-12,15-17,19-22H2,1-5H3,(H,48,53);1H4/t24-,26-,27+,32-,33+,35-,36-,43-;/m1./s1. The third-order valence-electron chi connectivity index (χ3n) is 14.0. The van der Waals surface area contributed by atoms with E-state index in [0.29, 0.717) is 41.7 Å². The van der Waals surface area contributed by atoms with Gasteiger partial charge in [-0.3, -0.25) is 23.9 Å². The van der Waals surface area contributed by atoms with E-state index in [1.807, 2.05) is 32.9 Å². The van der Waals surface area contributed by atoms with Gasteiger partial charge in [0.15, 0.2) is 5.78 Å². The number of nitrogens with zero attached hydrogens (tertiary/aromatic N) is 3. The number of halogens is 2. The van der Waals surface area contributed by atoms with Crippen LogP contribution >= 0.6 is 0 Å². The number of rotatable bonds is 9. The highest BCUT2D eigenvalue weighted by Gasteiger charge is 2.67. The van der Waals surface area contributed by atoms with Crippen molar-refractivity contribution in [1.82, 2.24) is 19.6 Å². The number of fused-ring (bicyclic) bond motifs is 5. The second-order valence-electron chi connectivity index (χ2n) is 19.4. The van der Waals surface area contributed by atoms with E-state index in [9.17, 15) is 31.6 Å². The van der Waals surface area contributed by atoms with Crippen LogP contribution in [0.5, 0.6) is 11.6 Å². The first-order valence-corrected chi connectivity index (χ1v) is 22.7. The van der Waals surface area contributed by atoms with E-state index in [-0.39, 0.29) is 50.6 Å². The molecule has 8 rings (SSSR count). The zero-order chi connectivity index (χ0) is 42.2. The van der Waals surface area contributed by atoms with Crippen LogP contribution in [0.2, 0.25) is 0 Å². The summed E-state index contributed by atoms with van der Waals surface area (Å²) in [6.07, 6.45) is 1.73. The second-order valence-corrected chi connectivity index (χ2v) is 21.6. The molecule has 0 spiro atoms. The Morgan fingerprint density at radius 3 is 2.38 bits per heavy atom. The number of hydrogen-bond acceptors (Lipinski definition) is 11. The van der Waals surface area contributed by atoms with Crippen LogP contribution in [0.1, 0.15) is 118 Å². The Morgan fingerprint density at radius 1 is 1.02 bits per heavy atom. The largest absolute Gasteiger partial charge is 0.497 e. The van der Waals surface area contributed by atoms with Crippen LogP contribution in [0.3, 0.4) is 0 Å². The van der Waals surface area contributed by atoms with Crippen LogP contribution in [-0.4, -0.2) is 89.9 Å². The smallest absolute Gasteiger partial charge is 0.306 e. The summed E-state index contributed by atoms with van der Waals surface area (Å²) in [5.41, 5.74) is -0.908. The van der Waals surface area contributed by atoms with Gasteiger partial charge in [0.1, 0.15) is 23.7 Å². The van der Waals surface area contributed by atoms with Crippen LogP contribution in [0.4, 0.5) is 8.78 Å². The number of alkyl halides is 2. The molecule has 16 heteroatoms. The van der Waals surface area contributed by atoms with Crippen LogP contribution < -0.4 is 14.2 Å². The molecule has 6 aliphatic rings. The molecular formula is C44H60F2N4O9S. The minimum Gasteiger partial charge on any atom is -0.497 e. The molecule has 0 radical (unpaired) electrons. The fourth-order valence-corrected chi connectivity index (χ4v) is 10.8. The van der Waals surface area contributed by atoms with Crippen molar-refractivity contribution in [2.75, 3.05) is 13.7 Å². The maximum Gasteiger partial charge on any atom is 0.306 e. The summed E-state index contributed by atoms with van der Waals surface area (Å²) in [6.45, 7) is 6.95. The summed E-state index contributed by atoms with van der Waals surface area (Å²) in [5, 5.41) is 0. The second kappa shape index (κ2) is 16.1. The molecule has 13 nitrogen and oxygen atoms in total. The van der Waals surface area contributed by atoms with Gasteiger partial charge in [-0.15, -0.1) is 0 Å². The van der Waals surface area contributed by atoms with E-state index >= 15 is 4.79 Å². The first-order valence-electron chi connectivity index (χ1n) is 21.2. The van der Waals surface area contributed by atoms with Gasteiger partial charge in [-0.25, -0.2) is 27.2 Å². The maximum atomic E-state index is 15.1. The zero-order valence-corrected chi connectivity index (χ0v) is 35.3. The van der Waals surface area contributed by atoms with E-state index < -0.39 is 91.9 Å². The van der Waals surface area contributed by atoms with Crippen LogP contribution in [0.15, 0.2) is 18.2 Å². The summed E-state index contributed by atoms with van der Waals surface area (Å²) >= 11 is 0. The van der Waals surface area contributed by atoms with Crippen molar-refractivity contribution in [3.05, 3.63) is 23.9 Å². The average molecular weight is 859 g/mol. The number of aromatic nitrogens is 2. The molecule has 1 saturated heterocycles. The minimum absolute atomic E-state index is 0. The third kappa shape index (κ3) is 8.59. The third-order valence-corrected chi connectivity index (χ3v) is 16.2. The van der Waals surface area contributed by atoms with Gasteiger partial charge in [0, 0.05) is 24.3 Å². The number of carbonyl (C=O) groups is 4. The Morgan fingerprint density at radius 2 is 1.75 bits per heavy atom. The molecule has 1 N–H and O–H groups in total. The van der Waals surface area contributed by atoms with Crippen molar-refractivity contribution in [2.24, 2.45) is 40.4 Å². The van der Waals surface area contributed by atoms with Gasteiger partial charge in [-0.05, 0) is 94.1 Å². The molecule has 3 heterocycles. The normalized spacial score (nSPS) is 31.7. The monoisotopic (exact) mass is 858 g/mol. The number of amides is 2. The van der Waals surface area contributed by atoms with E-state index in [0.717, 1.165) is 44.9 Å². The van der Waals surface area contributed by atoms with Gasteiger partial charge in [-0.1, -0.05) is 41.0 Å². The number of hydrogen-bond donors (Lipinski definition) is 1. The van der Waals surface area contributed by atoms with Crippen molar-refractivity contribution in [1.29, 1.82) is 0 Å². The van der Waals surface area contributed by atoms with Crippen molar-refractivity contribution < 1.29 is 50.6 Å². The Labute approximate surface area is 351 Å². The molecule has 4 aliphatic carbocycles. The van der Waals surface area contributed by atoms with Gasteiger partial charge < -0.3 is 19.1 Å². The SMILES string of the molecule is C.COc1ccc2nc3c(nc2c1)O[C@H]1CN(C(=O)[C@H](C(C)(C)C)CC(=O)O[C@@H]2C[C@H]2CCCCC3)[C@H](C(=O)C[C@]2(C(=O)NS(=O)(=O)C3(C)CC3)C[C@H]2C(F)F)[C@@H]1C1CC1. The summed E-state index contributed by atoms with van der Waals surface area (Å²) < 4.78 is 74.4. The topological polar surface area (TPSA) is 171 Å². The van der Waals surface area contributed by atoms with Gasteiger partial charge >= 0.3 is 5.97 Å². The molecule has 1 aromatic carbocycles. The van der Waals surface area contributed by atoms with Gasteiger partial charge in [0.2, 0.25) is 34.1 Å². The number of sulfonamides is 1. The molecule has 2 amide bonds. The molecule has 60 heavy (non-hydrogen) atoms. The van der Waals surface area contributed by atoms with E-state index in [1.54, 1.807) is 13.2 Å². The van der Waals surface area contributed by atoms with Crippen LogP contribution in [0.25, 0.3) is 11.0 Å². The Kier molecular flexibility index (Phi) is 11.8. The number of ketones is 1. The number of esters is 1. The van der Waals surface area contributed by atoms with E-state index in [4.69, 9.17) is 24.2 Å². The number of Topliss-reactive ketones (excluding diaryl/α,β-unsaturated/α-hetero) is 1. The van der Waals surface area contributed by atoms with E-state index in [2.05, 4.69) is 4.72 Å². The quantitative estimate of drug-likeness (QED) is 0.270. The Bertz CT molecular complexity index is 2140. The summed E-state index contributed by atoms with van der Waals surface area (Å²) in [4.78, 5) is 68.7. The Balaban J connectivity index is 0.00000544. The number of benzene rings is 1. The van der Waals surface area contributed by atoms with Crippen molar-refractivity contribution in [2.45, 2.75) is 148 Å². The van der Waals surface area contributed by atoms with Gasteiger partial charge in [0.05, 0.1) is 53.2 Å². The lowest BCUT2D eigenvalue weighted by molar-refractivity contribution is -0.154. The highest BCUT2D eigenvalue weighted by Crippen LogP contribution is 2.60. The highest BCUT2D eigenvalue weighted by molar-refractivity contribution is 7.91. The molecule has 330 valence electrons. The first-order chi connectivity index (χ1) is 27.8. The minimum atomic E-state index is -4.19. The predicted octanol–water partition coefficient (Wildman–Crippen LogP) is 6.59. The highest BCUT2D eigenvalue weighted by atomic mass is 32.2. The summed E-state index contributed by atoms with van der Waals surface area (Å²) in [7, 11) is -2.64. The van der Waals surface area contributed by atoms with Crippen molar-refractivity contribution in [3.8, 4) is 11.6 Å². The fraction of sp³-hybridized carbons (Fsp3) is 0.727. The molecule has 2 bridgehead atoms. The van der Waals surface area contributed by atoms with Gasteiger partial charge in [0.25, 0.3) is 0 Å². The first kappa shape index (κ1) is 44.1. The Hall–Kier alpha value is -3.95. The zero-order valence-electron chi connectivity index (χ0n) is 34.5. The molecule has 2 aromatic rings. The molecule has 4 saturated carbocycles. The van der Waals surface area contributed by atoms with Crippen LogP contribution in [0, 0.1) is 40.4 Å². The lowest BCUT2D eigenvalue weighted by Crippen LogP contribution is -2.50. The summed E-state index contributed by atoms with van der Waals surface area (Å²) in [6, 6.07) is 4.20.